The van der Waals surface area contributed by atoms with Crippen LogP contribution in [0.15, 0.2) is 72.8 Å². The van der Waals surface area contributed by atoms with Crippen molar-refractivity contribution in [2.45, 2.75) is 19.4 Å². The lowest BCUT2D eigenvalue weighted by Gasteiger charge is -2.39. The van der Waals surface area contributed by atoms with Crippen LogP contribution in [0.2, 0.25) is 5.02 Å². The molecule has 0 aliphatic carbocycles. The number of halogens is 3. The number of carbonyl (C=O) groups is 2. The summed E-state index contributed by atoms with van der Waals surface area (Å²) < 4.78 is 89.0. The molecule has 2 aliphatic heterocycles. The first-order valence-corrected chi connectivity index (χ1v) is 19.4. The van der Waals surface area contributed by atoms with Crippen LogP contribution in [0, 0.1) is 11.6 Å². The third-order valence-electron chi connectivity index (χ3n) is 7.52. The van der Waals surface area contributed by atoms with E-state index in [-0.39, 0.29) is 23.4 Å². The second-order valence-electron chi connectivity index (χ2n) is 12.5. The van der Waals surface area contributed by atoms with Gasteiger partial charge in [-0.15, -0.1) is 0 Å². The second-order valence-corrected chi connectivity index (χ2v) is 16.4. The summed E-state index contributed by atoms with van der Waals surface area (Å²) in [6.07, 6.45) is 2.08. The molecule has 0 bridgehead atoms. The van der Waals surface area contributed by atoms with Gasteiger partial charge in [-0.25, -0.2) is 25.6 Å². The van der Waals surface area contributed by atoms with Crippen LogP contribution in [0.4, 0.5) is 48.6 Å². The third kappa shape index (κ3) is 8.49. The molecule has 0 saturated heterocycles. The molecule has 0 fully saturated rings. The minimum atomic E-state index is -3.46. The van der Waals surface area contributed by atoms with Crippen LogP contribution >= 0.6 is 11.6 Å². The Labute approximate surface area is 304 Å². The molecule has 2 aliphatic rings. The van der Waals surface area contributed by atoms with Crippen LogP contribution in [0.25, 0.3) is 0 Å². The predicted octanol–water partition coefficient (Wildman–Crippen LogP) is 6.01. The topological polar surface area (TPSA) is 155 Å². The maximum absolute atomic E-state index is 14.1. The molecule has 0 aromatic heterocycles. The molecule has 2 amide bonds. The molecule has 0 spiro atoms. The van der Waals surface area contributed by atoms with Gasteiger partial charge in [-0.1, -0.05) is 11.6 Å². The van der Waals surface area contributed by atoms with Gasteiger partial charge in [-0.3, -0.25) is 28.8 Å². The van der Waals surface area contributed by atoms with E-state index in [0.29, 0.717) is 51.3 Å². The van der Waals surface area contributed by atoms with Gasteiger partial charge in [0.2, 0.25) is 20.0 Å². The minimum absolute atomic E-state index is 0.108. The number of carbonyl (C=O) groups excluding carboxylic acids is 2. The Hall–Kier alpha value is -5.13. The average molecular weight is 778 g/mol. The zero-order chi connectivity index (χ0) is 38.3. The second kappa shape index (κ2) is 14.1. The Bertz CT molecular complexity index is 2310. The normalized spacial score (nSPS) is 14.9. The van der Waals surface area contributed by atoms with Crippen LogP contribution in [0.3, 0.4) is 0 Å². The van der Waals surface area contributed by atoms with Crippen LogP contribution < -0.4 is 33.6 Å². The highest BCUT2D eigenvalue weighted by atomic mass is 35.5. The van der Waals surface area contributed by atoms with Crippen molar-refractivity contribution in [3.63, 3.8) is 0 Å². The number of anilines is 7. The Morgan fingerprint density at radius 3 is 1.81 bits per heavy atom. The van der Waals surface area contributed by atoms with Crippen molar-refractivity contribution in [1.29, 1.82) is 0 Å². The number of rotatable bonds is 7. The van der Waals surface area contributed by atoms with Gasteiger partial charge in [-0.05, 0) is 74.5 Å². The van der Waals surface area contributed by atoms with Gasteiger partial charge in [0.1, 0.15) is 23.1 Å². The molecule has 0 atom stereocenters. The molecule has 52 heavy (non-hydrogen) atoms. The number of hydrogen-bond acceptors (Lipinski definition) is 9. The number of fused-ring (bicyclic) bond motifs is 2. The fourth-order valence-corrected chi connectivity index (χ4v) is 6.62. The van der Waals surface area contributed by atoms with E-state index in [1.165, 1.54) is 70.5 Å². The predicted molar refractivity (Wildman–Crippen MR) is 196 cm³/mol. The summed E-state index contributed by atoms with van der Waals surface area (Å²) in [6, 6.07) is 17.5. The number of hydrogen-bond donors (Lipinski definition) is 2. The molecule has 4 aromatic carbocycles. The summed E-state index contributed by atoms with van der Waals surface area (Å²) in [5.41, 5.74) is 1.50. The molecule has 0 radical (unpaired) electrons. The third-order valence-corrected chi connectivity index (χ3v) is 9.03. The SMILES string of the molecule is CN(C)c1cc(N2C(=O)C(C)(C)Oc3cc(NS(C)(=O)=O)ccc32)ccc1F.CS(=O)(=O)Nc1ccc2c(c1)OCC(=O)N2c1ccc(F)c(Cl)c1. The Morgan fingerprint density at radius 2 is 1.27 bits per heavy atom. The van der Waals surface area contributed by atoms with E-state index >= 15 is 0 Å². The molecule has 276 valence electrons. The van der Waals surface area contributed by atoms with E-state index in [4.69, 9.17) is 21.1 Å². The van der Waals surface area contributed by atoms with Crippen LogP contribution in [-0.2, 0) is 29.6 Å². The van der Waals surface area contributed by atoms with Crippen molar-refractivity contribution in [3.8, 4) is 11.5 Å². The van der Waals surface area contributed by atoms with Gasteiger partial charge in [-0.2, -0.15) is 0 Å². The van der Waals surface area contributed by atoms with Crippen molar-refractivity contribution >= 4 is 83.3 Å². The first-order valence-electron chi connectivity index (χ1n) is 15.3. The van der Waals surface area contributed by atoms with E-state index in [9.17, 15) is 35.2 Å². The fourth-order valence-electron chi connectivity index (χ4n) is 5.33. The molecular formula is C34H34ClF2N5O8S2. The van der Waals surface area contributed by atoms with E-state index in [1.807, 2.05) is 0 Å². The monoisotopic (exact) mass is 777 g/mol. The maximum Gasteiger partial charge on any atom is 0.275 e. The zero-order valence-corrected chi connectivity index (χ0v) is 31.1. The van der Waals surface area contributed by atoms with Crippen molar-refractivity contribution < 1.29 is 44.7 Å². The van der Waals surface area contributed by atoms with Gasteiger partial charge >= 0.3 is 0 Å². The van der Waals surface area contributed by atoms with Crippen molar-refractivity contribution in [3.05, 3.63) is 89.5 Å². The van der Waals surface area contributed by atoms with E-state index in [0.717, 1.165) is 12.5 Å². The number of nitrogens with zero attached hydrogens (tertiary/aromatic N) is 3. The van der Waals surface area contributed by atoms with Gasteiger partial charge in [0, 0.05) is 26.2 Å². The molecular weight excluding hydrogens is 744 g/mol. The van der Waals surface area contributed by atoms with E-state index in [2.05, 4.69) is 9.44 Å². The molecule has 2 heterocycles. The first kappa shape index (κ1) is 38.1. The highest BCUT2D eigenvalue weighted by Gasteiger charge is 2.42. The molecule has 0 saturated carbocycles. The molecule has 2 N–H and O–H groups in total. The fraction of sp³-hybridized carbons (Fsp3) is 0.235. The zero-order valence-electron chi connectivity index (χ0n) is 28.7. The first-order chi connectivity index (χ1) is 24.1. The summed E-state index contributed by atoms with van der Waals surface area (Å²) in [4.78, 5) is 29.7. The average Bonchev–Trinajstić information content (AvgIpc) is 3.02. The Morgan fingerprint density at radius 1 is 0.750 bits per heavy atom. The highest BCUT2D eigenvalue weighted by molar-refractivity contribution is 7.92. The molecule has 18 heteroatoms. The largest absolute Gasteiger partial charge is 0.481 e. The van der Waals surface area contributed by atoms with Crippen LogP contribution in [0.5, 0.6) is 11.5 Å². The minimum Gasteiger partial charge on any atom is -0.481 e. The van der Waals surface area contributed by atoms with E-state index < -0.39 is 37.3 Å². The van der Waals surface area contributed by atoms with Crippen molar-refractivity contribution in [2.75, 3.05) is 57.4 Å². The molecule has 6 rings (SSSR count). The lowest BCUT2D eigenvalue weighted by molar-refractivity contribution is -0.131. The highest BCUT2D eigenvalue weighted by Crippen LogP contribution is 2.44. The number of amides is 2. The van der Waals surface area contributed by atoms with Crippen molar-refractivity contribution in [2.24, 2.45) is 0 Å². The van der Waals surface area contributed by atoms with Gasteiger partial charge in [0.05, 0.1) is 57.3 Å². The summed E-state index contributed by atoms with van der Waals surface area (Å²) in [6.45, 7) is 3.01. The molecule has 0 unspecified atom stereocenters. The summed E-state index contributed by atoms with van der Waals surface area (Å²) >= 11 is 5.78. The summed E-state index contributed by atoms with van der Waals surface area (Å²) in [5, 5.41) is -0.108. The van der Waals surface area contributed by atoms with E-state index in [1.54, 1.807) is 45.0 Å². The number of nitrogens with one attached hydrogen (secondary N) is 2. The standard InChI is InChI=1S/C19H22FN3O4S.C15H12ClFN2O4S/c1-19(2)18(24)23(13-7-8-14(20)16(11-13)22(3)4)15-9-6-12(10-17(15)27-19)21-28(5,25)26;1-24(21,22)18-9-2-5-13-14(6-9)23-8-15(20)19(13)10-3-4-12(17)11(16)7-10/h6-11,21H,1-5H3;2-7,18H,8H2,1H3. The Kier molecular flexibility index (Phi) is 10.3. The number of benzene rings is 4. The molecule has 4 aromatic rings. The van der Waals surface area contributed by atoms with Gasteiger partial charge in [0.15, 0.2) is 12.2 Å². The quantitative estimate of drug-likeness (QED) is 0.230. The summed E-state index contributed by atoms with van der Waals surface area (Å²) in [7, 11) is -3.47. The van der Waals surface area contributed by atoms with Crippen LogP contribution in [0.1, 0.15) is 13.8 Å². The summed E-state index contributed by atoms with van der Waals surface area (Å²) in [5.74, 6) is -0.998. The number of ether oxygens (including phenoxy) is 2. The van der Waals surface area contributed by atoms with Crippen molar-refractivity contribution in [1.82, 2.24) is 0 Å². The molecule has 13 nitrogen and oxygen atoms in total. The Balaban J connectivity index is 0.000000203. The van der Waals surface area contributed by atoms with Crippen LogP contribution in [-0.4, -0.2) is 67.5 Å². The van der Waals surface area contributed by atoms with Gasteiger partial charge in [0.25, 0.3) is 11.8 Å². The lowest BCUT2D eigenvalue weighted by atomic mass is 10.0. The van der Waals surface area contributed by atoms with Gasteiger partial charge < -0.3 is 14.4 Å². The smallest absolute Gasteiger partial charge is 0.275 e. The lowest BCUT2D eigenvalue weighted by Crippen LogP contribution is -2.50. The maximum atomic E-state index is 14.1. The number of sulfonamides is 2.